The lowest BCUT2D eigenvalue weighted by molar-refractivity contribution is -0.119. The summed E-state index contributed by atoms with van der Waals surface area (Å²) in [4.78, 5) is 31.9. The van der Waals surface area contributed by atoms with Crippen LogP contribution in [0.5, 0.6) is 0 Å². The standard InChI is InChI=1S/C24H20Cl2N4O2/c1-30-20-10-6-5-9-18(20)21(15-7-3-2-4-8-15)28-22(23(30)31)29-24(32)27-14-16-11-12-17(25)13-19(16)26/h2-13,22H,14H2,1H3,(H2,27,29,32)/t22-/m1/s1. The third-order valence-electron chi connectivity index (χ3n) is 5.11. The van der Waals surface area contributed by atoms with Crippen LogP contribution < -0.4 is 15.5 Å². The topological polar surface area (TPSA) is 73.8 Å². The van der Waals surface area contributed by atoms with E-state index in [1.807, 2.05) is 54.6 Å². The third-order valence-corrected chi connectivity index (χ3v) is 5.70. The molecule has 2 N–H and O–H groups in total. The Kier molecular flexibility index (Phi) is 6.44. The highest BCUT2D eigenvalue weighted by molar-refractivity contribution is 6.35. The molecule has 0 radical (unpaired) electrons. The molecule has 3 aromatic rings. The Labute approximate surface area is 195 Å². The number of anilines is 1. The van der Waals surface area contributed by atoms with Gasteiger partial charge in [-0.2, -0.15) is 0 Å². The maximum atomic E-state index is 13.1. The number of carbonyl (C=O) groups excluding carboxylic acids is 2. The second-order valence-corrected chi connectivity index (χ2v) is 8.07. The Morgan fingerprint density at radius 2 is 1.75 bits per heavy atom. The van der Waals surface area contributed by atoms with E-state index < -0.39 is 12.2 Å². The van der Waals surface area contributed by atoms with Gasteiger partial charge in [-0.15, -0.1) is 0 Å². The number of aliphatic imine (C=N–C) groups is 1. The van der Waals surface area contributed by atoms with Crippen molar-refractivity contribution in [1.29, 1.82) is 0 Å². The van der Waals surface area contributed by atoms with Gasteiger partial charge in [0.15, 0.2) is 0 Å². The number of benzene rings is 3. The number of nitrogens with one attached hydrogen (secondary N) is 2. The van der Waals surface area contributed by atoms with Crippen LogP contribution in [0, 0.1) is 0 Å². The van der Waals surface area contributed by atoms with Crippen LogP contribution in [0.1, 0.15) is 16.7 Å². The molecule has 0 saturated carbocycles. The lowest BCUT2D eigenvalue weighted by Gasteiger charge is -2.21. The highest BCUT2D eigenvalue weighted by Gasteiger charge is 2.30. The molecule has 0 aromatic heterocycles. The summed E-state index contributed by atoms with van der Waals surface area (Å²) >= 11 is 12.1. The van der Waals surface area contributed by atoms with Crippen LogP contribution in [-0.4, -0.2) is 30.9 Å². The lowest BCUT2D eigenvalue weighted by Crippen LogP contribution is -2.49. The average molecular weight is 467 g/mol. The van der Waals surface area contributed by atoms with Crippen molar-refractivity contribution in [3.8, 4) is 0 Å². The number of para-hydroxylation sites is 1. The van der Waals surface area contributed by atoms with Crippen LogP contribution in [0.4, 0.5) is 10.5 Å². The highest BCUT2D eigenvalue weighted by atomic mass is 35.5. The number of benzodiazepines with no additional fused rings is 1. The molecule has 32 heavy (non-hydrogen) atoms. The van der Waals surface area contributed by atoms with Gasteiger partial charge in [0.2, 0.25) is 6.17 Å². The van der Waals surface area contributed by atoms with E-state index in [4.69, 9.17) is 23.2 Å². The minimum absolute atomic E-state index is 0.175. The molecule has 3 aromatic carbocycles. The molecule has 8 heteroatoms. The summed E-state index contributed by atoms with van der Waals surface area (Å²) in [6, 6.07) is 21.6. The van der Waals surface area contributed by atoms with Gasteiger partial charge in [-0.3, -0.25) is 4.79 Å². The van der Waals surface area contributed by atoms with Crippen LogP contribution in [0.15, 0.2) is 77.8 Å². The van der Waals surface area contributed by atoms with Gasteiger partial charge in [0.25, 0.3) is 5.91 Å². The number of urea groups is 1. The SMILES string of the molecule is CN1C(=O)[C@@H](NC(=O)NCc2ccc(Cl)cc2Cl)N=C(c2ccccc2)c2ccccc21. The minimum Gasteiger partial charge on any atom is -0.334 e. The summed E-state index contributed by atoms with van der Waals surface area (Å²) in [5.41, 5.74) is 3.72. The Morgan fingerprint density at radius 1 is 1.03 bits per heavy atom. The van der Waals surface area contributed by atoms with Crippen molar-refractivity contribution in [3.05, 3.63) is 99.5 Å². The number of nitrogens with zero attached hydrogens (tertiary/aromatic N) is 2. The van der Waals surface area contributed by atoms with Crippen LogP contribution in [0.25, 0.3) is 0 Å². The van der Waals surface area contributed by atoms with Crippen molar-refractivity contribution in [2.24, 2.45) is 4.99 Å². The molecule has 162 valence electrons. The molecule has 0 fully saturated rings. The maximum Gasteiger partial charge on any atom is 0.317 e. The molecule has 0 bridgehead atoms. The first-order valence-electron chi connectivity index (χ1n) is 9.92. The largest absolute Gasteiger partial charge is 0.334 e. The fourth-order valence-electron chi connectivity index (χ4n) is 3.46. The summed E-state index contributed by atoms with van der Waals surface area (Å²) < 4.78 is 0. The molecule has 3 amide bonds. The number of hydrogen-bond acceptors (Lipinski definition) is 3. The van der Waals surface area contributed by atoms with Gasteiger partial charge >= 0.3 is 6.03 Å². The summed E-state index contributed by atoms with van der Waals surface area (Å²) in [6.07, 6.45) is -1.09. The summed E-state index contributed by atoms with van der Waals surface area (Å²) in [5, 5.41) is 6.36. The number of likely N-dealkylation sites (N-methyl/N-ethyl adjacent to an activating group) is 1. The first-order chi connectivity index (χ1) is 15.4. The van der Waals surface area contributed by atoms with Crippen molar-refractivity contribution < 1.29 is 9.59 Å². The van der Waals surface area contributed by atoms with E-state index in [1.54, 1.807) is 25.2 Å². The highest BCUT2D eigenvalue weighted by Crippen LogP contribution is 2.27. The summed E-state index contributed by atoms with van der Waals surface area (Å²) in [6.45, 7) is 0.175. The first-order valence-corrected chi connectivity index (χ1v) is 10.7. The van der Waals surface area contributed by atoms with E-state index in [0.29, 0.717) is 21.3 Å². The molecule has 1 aliphatic heterocycles. The molecule has 0 spiro atoms. The molecule has 1 aliphatic rings. The fourth-order valence-corrected chi connectivity index (χ4v) is 3.93. The predicted molar refractivity (Wildman–Crippen MR) is 128 cm³/mol. The molecular weight excluding hydrogens is 447 g/mol. The Bertz CT molecular complexity index is 1200. The summed E-state index contributed by atoms with van der Waals surface area (Å²) in [5.74, 6) is -0.344. The van der Waals surface area contributed by atoms with Crippen LogP contribution in [0.3, 0.4) is 0 Å². The van der Waals surface area contributed by atoms with Gasteiger partial charge in [0.1, 0.15) is 0 Å². The number of fused-ring (bicyclic) bond motifs is 1. The quantitative estimate of drug-likeness (QED) is 0.587. The second kappa shape index (κ2) is 9.42. The first kappa shape index (κ1) is 21.9. The van der Waals surface area contributed by atoms with Crippen LogP contribution in [-0.2, 0) is 11.3 Å². The van der Waals surface area contributed by atoms with E-state index in [2.05, 4.69) is 15.6 Å². The molecule has 1 heterocycles. The lowest BCUT2D eigenvalue weighted by atomic mass is 10.0. The van der Waals surface area contributed by atoms with E-state index in [9.17, 15) is 9.59 Å². The van der Waals surface area contributed by atoms with E-state index >= 15 is 0 Å². The van der Waals surface area contributed by atoms with Crippen molar-refractivity contribution in [3.63, 3.8) is 0 Å². The van der Waals surface area contributed by atoms with Gasteiger partial charge in [0, 0.05) is 34.8 Å². The van der Waals surface area contributed by atoms with Crippen molar-refractivity contribution >= 4 is 46.5 Å². The Balaban J connectivity index is 1.60. The van der Waals surface area contributed by atoms with Crippen molar-refractivity contribution in [1.82, 2.24) is 10.6 Å². The zero-order valence-corrected chi connectivity index (χ0v) is 18.7. The van der Waals surface area contributed by atoms with Crippen molar-refractivity contribution in [2.45, 2.75) is 12.7 Å². The molecule has 0 saturated heterocycles. The van der Waals surface area contributed by atoms with E-state index in [1.165, 1.54) is 4.90 Å². The molecule has 4 rings (SSSR count). The average Bonchev–Trinajstić information content (AvgIpc) is 2.90. The van der Waals surface area contributed by atoms with Crippen molar-refractivity contribution in [2.75, 3.05) is 11.9 Å². The van der Waals surface area contributed by atoms with E-state index in [-0.39, 0.29) is 12.5 Å². The van der Waals surface area contributed by atoms with Gasteiger partial charge in [-0.05, 0) is 23.8 Å². The number of hydrogen-bond donors (Lipinski definition) is 2. The van der Waals surface area contributed by atoms with Crippen LogP contribution >= 0.6 is 23.2 Å². The van der Waals surface area contributed by atoms with E-state index in [0.717, 1.165) is 16.8 Å². The second-order valence-electron chi connectivity index (χ2n) is 7.22. The zero-order valence-electron chi connectivity index (χ0n) is 17.2. The van der Waals surface area contributed by atoms with Gasteiger partial charge in [0.05, 0.1) is 11.4 Å². The molecule has 0 aliphatic carbocycles. The fraction of sp³-hybridized carbons (Fsp3) is 0.125. The number of carbonyl (C=O) groups is 2. The smallest absolute Gasteiger partial charge is 0.317 e. The monoisotopic (exact) mass is 466 g/mol. The van der Waals surface area contributed by atoms with Gasteiger partial charge in [-0.25, -0.2) is 9.79 Å². The Hall–Kier alpha value is -3.35. The summed E-state index contributed by atoms with van der Waals surface area (Å²) in [7, 11) is 1.67. The third kappa shape index (κ3) is 4.61. The number of rotatable bonds is 4. The van der Waals surface area contributed by atoms with Gasteiger partial charge < -0.3 is 15.5 Å². The predicted octanol–water partition coefficient (Wildman–Crippen LogP) is 4.63. The molecule has 6 nitrogen and oxygen atoms in total. The number of halogens is 2. The van der Waals surface area contributed by atoms with Gasteiger partial charge in [-0.1, -0.05) is 77.8 Å². The van der Waals surface area contributed by atoms with Crippen LogP contribution in [0.2, 0.25) is 10.0 Å². The molecule has 0 unspecified atom stereocenters. The number of amides is 3. The minimum atomic E-state index is -1.09. The zero-order chi connectivity index (χ0) is 22.7. The maximum absolute atomic E-state index is 13.1. The molecular formula is C24H20Cl2N4O2. The molecule has 1 atom stereocenters. The Morgan fingerprint density at radius 3 is 2.50 bits per heavy atom. The normalized spacial score (nSPS) is 15.5.